The summed E-state index contributed by atoms with van der Waals surface area (Å²) in [4.78, 5) is 11.9. The smallest absolute Gasteiger partial charge is 0.230 e. The molecule has 0 aliphatic heterocycles. The van der Waals surface area contributed by atoms with Gasteiger partial charge < -0.3 is 9.88 Å². The molecule has 0 unspecified atom stereocenters. The molecule has 0 aliphatic rings. The van der Waals surface area contributed by atoms with Crippen molar-refractivity contribution in [2.24, 2.45) is 7.05 Å². The van der Waals surface area contributed by atoms with E-state index >= 15 is 0 Å². The number of hydrogen-bond donors (Lipinski definition) is 1. The largest absolute Gasteiger partial charge is 0.349 e. The van der Waals surface area contributed by atoms with Crippen LogP contribution >= 0.6 is 23.4 Å². The number of carbonyl (C=O) groups excluding carboxylic acids is 1. The summed E-state index contributed by atoms with van der Waals surface area (Å²) in [7, 11) is 1.84. The quantitative estimate of drug-likeness (QED) is 0.862. The van der Waals surface area contributed by atoms with Crippen LogP contribution in [0.4, 0.5) is 0 Å². The number of benzene rings is 1. The minimum atomic E-state index is -0.128. The highest BCUT2D eigenvalue weighted by atomic mass is 35.5. The van der Waals surface area contributed by atoms with Crippen molar-refractivity contribution in [3.8, 4) is 0 Å². The summed E-state index contributed by atoms with van der Waals surface area (Å²) < 4.78 is 1.77. The second-order valence-electron chi connectivity index (χ2n) is 4.32. The first-order valence-corrected chi connectivity index (χ1v) is 7.45. The van der Waals surface area contributed by atoms with Crippen molar-refractivity contribution < 1.29 is 4.79 Å². The molecule has 20 heavy (non-hydrogen) atoms. The predicted molar refractivity (Wildman–Crippen MR) is 79.7 cm³/mol. The summed E-state index contributed by atoms with van der Waals surface area (Å²) in [5.41, 5.74) is 0.908. The molecule has 1 aromatic heterocycles. The van der Waals surface area contributed by atoms with Gasteiger partial charge in [-0.05, 0) is 18.6 Å². The van der Waals surface area contributed by atoms with Crippen molar-refractivity contribution >= 4 is 29.3 Å². The van der Waals surface area contributed by atoms with E-state index in [1.54, 1.807) is 10.9 Å². The van der Waals surface area contributed by atoms with Gasteiger partial charge in [0.05, 0.1) is 11.8 Å². The average molecular weight is 311 g/mol. The molecule has 0 fully saturated rings. The van der Waals surface area contributed by atoms with E-state index in [1.807, 2.05) is 38.2 Å². The van der Waals surface area contributed by atoms with E-state index in [0.29, 0.717) is 15.9 Å². The number of halogens is 1. The van der Waals surface area contributed by atoms with Crippen LogP contribution < -0.4 is 5.32 Å². The molecule has 0 bridgehead atoms. The molecular formula is C13H15ClN4OS. The van der Waals surface area contributed by atoms with Crippen LogP contribution in [0.15, 0.2) is 35.7 Å². The van der Waals surface area contributed by atoms with Gasteiger partial charge >= 0.3 is 0 Å². The van der Waals surface area contributed by atoms with E-state index in [-0.39, 0.29) is 11.9 Å². The van der Waals surface area contributed by atoms with Crippen LogP contribution in [-0.2, 0) is 11.8 Å². The first kappa shape index (κ1) is 14.9. The van der Waals surface area contributed by atoms with E-state index in [4.69, 9.17) is 11.6 Å². The number of amides is 1. The number of hydrogen-bond acceptors (Lipinski definition) is 4. The topological polar surface area (TPSA) is 59.8 Å². The summed E-state index contributed by atoms with van der Waals surface area (Å²) in [6.07, 6.45) is 1.60. The number of rotatable bonds is 5. The Morgan fingerprint density at radius 1 is 1.50 bits per heavy atom. The number of aromatic nitrogens is 3. The third-order valence-electron chi connectivity index (χ3n) is 2.75. The van der Waals surface area contributed by atoms with Crippen LogP contribution in [0, 0.1) is 0 Å². The normalized spacial score (nSPS) is 12.2. The minimum Gasteiger partial charge on any atom is -0.349 e. The molecule has 1 aromatic carbocycles. The van der Waals surface area contributed by atoms with E-state index in [0.717, 1.165) is 5.56 Å². The summed E-state index contributed by atoms with van der Waals surface area (Å²) in [6, 6.07) is 7.36. The molecule has 1 N–H and O–H groups in total. The van der Waals surface area contributed by atoms with Crippen LogP contribution in [-0.4, -0.2) is 26.4 Å². The fourth-order valence-electron chi connectivity index (χ4n) is 1.72. The number of thioether (sulfide) groups is 1. The number of carbonyl (C=O) groups is 1. The Bertz CT molecular complexity index is 602. The summed E-state index contributed by atoms with van der Waals surface area (Å²) in [6.45, 7) is 1.91. The van der Waals surface area contributed by atoms with Crippen LogP contribution in [0.25, 0.3) is 0 Å². The first-order valence-electron chi connectivity index (χ1n) is 6.08. The SMILES string of the molecule is C[C@@H](NC(=O)CSc1nncn1C)c1ccccc1Cl. The second kappa shape index (κ2) is 6.76. The molecule has 0 spiro atoms. The van der Waals surface area contributed by atoms with Crippen molar-refractivity contribution in [3.05, 3.63) is 41.2 Å². The molecule has 5 nitrogen and oxygen atoms in total. The third kappa shape index (κ3) is 3.74. The Morgan fingerprint density at radius 3 is 2.90 bits per heavy atom. The van der Waals surface area contributed by atoms with Crippen molar-refractivity contribution in [1.29, 1.82) is 0 Å². The molecular weight excluding hydrogens is 296 g/mol. The maximum absolute atomic E-state index is 11.9. The van der Waals surface area contributed by atoms with Crippen LogP contribution in [0.5, 0.6) is 0 Å². The monoisotopic (exact) mass is 310 g/mol. The molecule has 1 amide bonds. The molecule has 0 aliphatic carbocycles. The first-order chi connectivity index (χ1) is 9.58. The molecule has 2 aromatic rings. The highest BCUT2D eigenvalue weighted by molar-refractivity contribution is 7.99. The fraction of sp³-hybridized carbons (Fsp3) is 0.308. The van der Waals surface area contributed by atoms with E-state index in [2.05, 4.69) is 15.5 Å². The fourth-order valence-corrected chi connectivity index (χ4v) is 2.72. The van der Waals surface area contributed by atoms with Gasteiger partial charge in [-0.1, -0.05) is 41.6 Å². The Kier molecular flexibility index (Phi) is 5.03. The van der Waals surface area contributed by atoms with Gasteiger partial charge in [0.1, 0.15) is 6.33 Å². The van der Waals surface area contributed by atoms with Crippen LogP contribution in [0.3, 0.4) is 0 Å². The van der Waals surface area contributed by atoms with Crippen LogP contribution in [0.1, 0.15) is 18.5 Å². The molecule has 1 heterocycles. The zero-order chi connectivity index (χ0) is 14.5. The van der Waals surface area contributed by atoms with Crippen LogP contribution in [0.2, 0.25) is 5.02 Å². The van der Waals surface area contributed by atoms with Gasteiger partial charge in [-0.25, -0.2) is 0 Å². The maximum atomic E-state index is 11.9. The zero-order valence-corrected chi connectivity index (χ0v) is 12.8. The van der Waals surface area contributed by atoms with Crippen molar-refractivity contribution in [3.63, 3.8) is 0 Å². The predicted octanol–water partition coefficient (Wildman–Crippen LogP) is 2.44. The lowest BCUT2D eigenvalue weighted by Gasteiger charge is -2.15. The Morgan fingerprint density at radius 2 is 2.25 bits per heavy atom. The highest BCUT2D eigenvalue weighted by Crippen LogP contribution is 2.22. The van der Waals surface area contributed by atoms with Crippen molar-refractivity contribution in [1.82, 2.24) is 20.1 Å². The lowest BCUT2D eigenvalue weighted by atomic mass is 10.1. The lowest BCUT2D eigenvalue weighted by Crippen LogP contribution is -2.28. The average Bonchev–Trinajstić information content (AvgIpc) is 2.82. The maximum Gasteiger partial charge on any atom is 0.230 e. The van der Waals surface area contributed by atoms with Gasteiger partial charge in [0, 0.05) is 12.1 Å². The van der Waals surface area contributed by atoms with E-state index in [9.17, 15) is 4.79 Å². The molecule has 7 heteroatoms. The van der Waals surface area contributed by atoms with Crippen molar-refractivity contribution in [2.75, 3.05) is 5.75 Å². The summed E-state index contributed by atoms with van der Waals surface area (Å²) >= 11 is 7.45. The van der Waals surface area contributed by atoms with E-state index < -0.39 is 0 Å². The molecule has 0 saturated heterocycles. The number of nitrogens with zero attached hydrogens (tertiary/aromatic N) is 3. The molecule has 106 valence electrons. The number of nitrogens with one attached hydrogen (secondary N) is 1. The number of aryl methyl sites for hydroxylation is 1. The van der Waals surface area contributed by atoms with Gasteiger partial charge in [-0.2, -0.15) is 0 Å². The van der Waals surface area contributed by atoms with Gasteiger partial charge in [0.15, 0.2) is 5.16 Å². The van der Waals surface area contributed by atoms with Gasteiger partial charge in [-0.15, -0.1) is 10.2 Å². The Labute approximate surface area is 126 Å². The standard InChI is InChI=1S/C13H15ClN4OS/c1-9(10-5-3-4-6-11(10)14)16-12(19)7-20-13-17-15-8-18(13)2/h3-6,8-9H,7H2,1-2H3,(H,16,19)/t9-/m1/s1. The lowest BCUT2D eigenvalue weighted by molar-refractivity contribution is -0.119. The summed E-state index contributed by atoms with van der Waals surface area (Å²) in [5.74, 6) is 0.229. The minimum absolute atomic E-state index is 0.0644. The molecule has 1 atom stereocenters. The Hall–Kier alpha value is -1.53. The van der Waals surface area contributed by atoms with E-state index in [1.165, 1.54) is 11.8 Å². The Balaban J connectivity index is 1.88. The van der Waals surface area contributed by atoms with Gasteiger partial charge in [0.2, 0.25) is 5.91 Å². The molecule has 0 radical (unpaired) electrons. The molecule has 2 rings (SSSR count). The van der Waals surface area contributed by atoms with Gasteiger partial charge in [0.25, 0.3) is 0 Å². The molecule has 0 saturated carbocycles. The van der Waals surface area contributed by atoms with Gasteiger partial charge in [-0.3, -0.25) is 4.79 Å². The second-order valence-corrected chi connectivity index (χ2v) is 5.67. The summed E-state index contributed by atoms with van der Waals surface area (Å²) in [5, 5.41) is 12.0. The van der Waals surface area contributed by atoms with Crippen molar-refractivity contribution in [2.45, 2.75) is 18.1 Å². The highest BCUT2D eigenvalue weighted by Gasteiger charge is 2.13. The third-order valence-corrected chi connectivity index (χ3v) is 4.13. The zero-order valence-electron chi connectivity index (χ0n) is 11.2.